The molecular formula is C54H63FN8O5. The molecule has 4 aliphatic heterocycles. The molecule has 4 aliphatic rings. The minimum atomic E-state index is -0.977. The normalized spacial score (nSPS) is 21.1. The highest BCUT2D eigenvalue weighted by atomic mass is 19.1. The zero-order valence-electron chi connectivity index (χ0n) is 39.4. The van der Waals surface area contributed by atoms with Crippen molar-refractivity contribution < 1.29 is 23.6 Å². The maximum atomic E-state index is 14.3. The molecule has 5 heterocycles. The number of piperidine rings is 3. The van der Waals surface area contributed by atoms with E-state index in [1.54, 1.807) is 11.6 Å². The van der Waals surface area contributed by atoms with Crippen molar-refractivity contribution in [2.45, 2.75) is 102 Å². The third-order valence-electron chi connectivity index (χ3n) is 14.8. The quantitative estimate of drug-likeness (QED) is 0.0620. The first-order chi connectivity index (χ1) is 32.9. The third-order valence-corrected chi connectivity index (χ3v) is 14.8. The minimum absolute atomic E-state index is 0.173. The van der Waals surface area contributed by atoms with Crippen LogP contribution in [-0.2, 0) is 21.4 Å². The van der Waals surface area contributed by atoms with Gasteiger partial charge in [0.15, 0.2) is 0 Å². The monoisotopic (exact) mass is 922 g/mol. The van der Waals surface area contributed by atoms with Crippen LogP contribution in [0.5, 0.6) is 0 Å². The SMILES string of the molecule is Cc1ccc(N[C@H]2CNC[C@@H]2F)cc1C(=O)N[C@H](C)c1ccc(C#CC2CCN(CCCCC(=O)N3CCC(c4ccc5c(c4)n(C)c(=O)n5C4CCC(=O)NC4=O)CC3)CC2)c2ccccc12. The number of carbonyl (C=O) groups excluding carboxylic acids is 4. The number of benzene rings is 4. The van der Waals surface area contributed by atoms with Gasteiger partial charge in [-0.05, 0) is 142 Å². The van der Waals surface area contributed by atoms with Crippen LogP contribution in [0.25, 0.3) is 21.8 Å². The molecule has 4 N–H and O–H groups in total. The van der Waals surface area contributed by atoms with E-state index >= 15 is 0 Å². The summed E-state index contributed by atoms with van der Waals surface area (Å²) in [5.41, 5.74) is 6.46. The Bertz CT molecular complexity index is 2840. The van der Waals surface area contributed by atoms with Crippen LogP contribution in [0.15, 0.2) is 77.6 Å². The second-order valence-corrected chi connectivity index (χ2v) is 19.3. The van der Waals surface area contributed by atoms with Crippen LogP contribution in [0, 0.1) is 24.7 Å². The van der Waals surface area contributed by atoms with Gasteiger partial charge in [0, 0.05) is 68.8 Å². The molecule has 0 spiro atoms. The molecule has 4 saturated heterocycles. The van der Waals surface area contributed by atoms with E-state index < -0.39 is 18.1 Å². The number of aromatic nitrogens is 2. The highest BCUT2D eigenvalue weighted by Crippen LogP contribution is 2.33. The van der Waals surface area contributed by atoms with Crippen LogP contribution >= 0.6 is 0 Å². The van der Waals surface area contributed by atoms with Crippen molar-refractivity contribution >= 4 is 51.1 Å². The Balaban J connectivity index is 0.715. The van der Waals surface area contributed by atoms with Crippen molar-refractivity contribution in [1.82, 2.24) is 34.9 Å². The Hall–Kier alpha value is -6.30. The molecule has 1 unspecified atom stereocenters. The Morgan fingerprint density at radius 2 is 1.65 bits per heavy atom. The molecule has 4 aromatic carbocycles. The standard InChI is InChI=1S/C54H63FN8O5/c1-34-11-16-40(58-46-33-56-32-45(46)55)31-44(34)52(66)57-35(2)41-17-14-38(42-8-4-5-9-43(41)42)13-12-36-21-26-61(27-22-36)25-7-6-10-51(65)62-28-23-37(24-29-62)39-15-18-47-49(30-39)60(3)54(68)63(47)48-19-20-50(64)59-53(48)67/h4-5,8-9,11,14-18,30-31,35-37,45-46,48,56,58H,6-7,10,19-29,32-33H2,1-3H3,(H,57,66)(H,59,64,67)/t35-,45+,46+,48?/m1/s1. The number of aryl methyl sites for hydroxylation is 2. The smallest absolute Gasteiger partial charge is 0.329 e. The Kier molecular flexibility index (Phi) is 14.1. The van der Waals surface area contributed by atoms with Crippen molar-refractivity contribution in [2.75, 3.05) is 51.1 Å². The minimum Gasteiger partial charge on any atom is -0.378 e. The van der Waals surface area contributed by atoms with Gasteiger partial charge in [0.1, 0.15) is 12.2 Å². The highest BCUT2D eigenvalue weighted by Gasteiger charge is 2.32. The number of halogens is 1. The van der Waals surface area contributed by atoms with Gasteiger partial charge in [-0.1, -0.05) is 54.3 Å². The number of rotatable bonds is 12. The van der Waals surface area contributed by atoms with Crippen LogP contribution in [0.2, 0.25) is 0 Å². The average molecular weight is 923 g/mol. The summed E-state index contributed by atoms with van der Waals surface area (Å²) in [4.78, 5) is 68.9. The Morgan fingerprint density at radius 1 is 0.868 bits per heavy atom. The number of carbonyl (C=O) groups is 4. The fourth-order valence-electron chi connectivity index (χ4n) is 10.7. The summed E-state index contributed by atoms with van der Waals surface area (Å²) in [5.74, 6) is 6.99. The molecule has 9 rings (SSSR count). The number of amides is 4. The molecule has 0 aliphatic carbocycles. The summed E-state index contributed by atoms with van der Waals surface area (Å²) in [5, 5.41) is 14.0. The van der Waals surface area contributed by atoms with Crippen molar-refractivity contribution in [3.8, 4) is 11.8 Å². The van der Waals surface area contributed by atoms with E-state index in [0.717, 1.165) is 102 Å². The first-order valence-corrected chi connectivity index (χ1v) is 24.5. The fraction of sp³-hybridized carbons (Fsp3) is 0.463. The van der Waals surface area contributed by atoms with Gasteiger partial charge in [-0.25, -0.2) is 9.18 Å². The molecule has 1 aromatic heterocycles. The molecule has 4 atom stereocenters. The molecule has 356 valence electrons. The number of hydrogen-bond donors (Lipinski definition) is 4. The number of hydrogen-bond acceptors (Lipinski definition) is 8. The second-order valence-electron chi connectivity index (χ2n) is 19.3. The number of nitrogens with one attached hydrogen (secondary N) is 4. The number of anilines is 1. The van der Waals surface area contributed by atoms with Crippen LogP contribution in [0.3, 0.4) is 0 Å². The third kappa shape index (κ3) is 10.1. The van der Waals surface area contributed by atoms with E-state index in [1.165, 1.54) is 4.57 Å². The lowest BCUT2D eigenvalue weighted by Crippen LogP contribution is -2.44. The van der Waals surface area contributed by atoms with Crippen LogP contribution in [-0.4, -0.2) is 101 Å². The summed E-state index contributed by atoms with van der Waals surface area (Å²) < 4.78 is 17.4. The van der Waals surface area contributed by atoms with Crippen LogP contribution < -0.4 is 27.0 Å². The first kappa shape index (κ1) is 46.8. The zero-order valence-corrected chi connectivity index (χ0v) is 39.4. The summed E-state index contributed by atoms with van der Waals surface area (Å²) in [6.45, 7) is 9.17. The number of likely N-dealkylation sites (tertiary alicyclic amines) is 2. The number of imide groups is 1. The van der Waals surface area contributed by atoms with Gasteiger partial charge in [0.05, 0.1) is 23.1 Å². The summed E-state index contributed by atoms with van der Waals surface area (Å²) >= 11 is 0. The Labute approximate surface area is 397 Å². The lowest BCUT2D eigenvalue weighted by Gasteiger charge is -2.32. The number of nitrogens with zero attached hydrogens (tertiary/aromatic N) is 4. The first-order valence-electron chi connectivity index (χ1n) is 24.5. The number of alkyl halides is 1. The summed E-state index contributed by atoms with van der Waals surface area (Å²) in [6, 6.07) is 22.7. The van der Waals surface area contributed by atoms with E-state index in [2.05, 4.69) is 62.3 Å². The molecule has 0 saturated carbocycles. The predicted molar refractivity (Wildman–Crippen MR) is 263 cm³/mol. The van der Waals surface area contributed by atoms with Crippen molar-refractivity contribution in [3.05, 3.63) is 111 Å². The molecule has 4 amide bonds. The molecule has 68 heavy (non-hydrogen) atoms. The van der Waals surface area contributed by atoms with Crippen molar-refractivity contribution in [3.63, 3.8) is 0 Å². The molecule has 13 nitrogen and oxygen atoms in total. The van der Waals surface area contributed by atoms with E-state index in [1.807, 2.05) is 67.3 Å². The highest BCUT2D eigenvalue weighted by molar-refractivity contribution is 6.00. The van der Waals surface area contributed by atoms with E-state index in [9.17, 15) is 28.4 Å². The topological polar surface area (TPSA) is 150 Å². The Morgan fingerprint density at radius 3 is 2.40 bits per heavy atom. The van der Waals surface area contributed by atoms with Gasteiger partial charge in [0.25, 0.3) is 5.91 Å². The lowest BCUT2D eigenvalue weighted by atomic mass is 9.89. The van der Waals surface area contributed by atoms with E-state index in [-0.39, 0.29) is 47.8 Å². The summed E-state index contributed by atoms with van der Waals surface area (Å²) in [7, 11) is 1.72. The molecule has 0 bridgehead atoms. The van der Waals surface area contributed by atoms with Gasteiger partial charge >= 0.3 is 5.69 Å². The molecule has 5 aromatic rings. The number of imidazole rings is 1. The maximum absolute atomic E-state index is 14.3. The van der Waals surface area contributed by atoms with Gasteiger partial charge in [-0.3, -0.25) is 33.6 Å². The van der Waals surface area contributed by atoms with E-state index in [4.69, 9.17) is 0 Å². The largest absolute Gasteiger partial charge is 0.378 e. The lowest BCUT2D eigenvalue weighted by molar-refractivity contribution is -0.136. The van der Waals surface area contributed by atoms with Gasteiger partial charge < -0.3 is 25.8 Å². The summed E-state index contributed by atoms with van der Waals surface area (Å²) in [6.07, 6.45) is 5.67. The second kappa shape index (κ2) is 20.5. The van der Waals surface area contributed by atoms with Crippen LogP contribution in [0.4, 0.5) is 10.1 Å². The maximum Gasteiger partial charge on any atom is 0.329 e. The van der Waals surface area contributed by atoms with Gasteiger partial charge in [-0.15, -0.1) is 0 Å². The number of fused-ring (bicyclic) bond motifs is 2. The van der Waals surface area contributed by atoms with Gasteiger partial charge in [0.2, 0.25) is 17.7 Å². The molecule has 0 radical (unpaired) electrons. The molecular weight excluding hydrogens is 860 g/mol. The zero-order chi connectivity index (χ0) is 47.5. The average Bonchev–Trinajstić information content (AvgIpc) is 3.87. The number of unbranched alkanes of at least 4 members (excludes halogenated alkanes) is 1. The van der Waals surface area contributed by atoms with Crippen LogP contribution in [0.1, 0.15) is 115 Å². The fourth-order valence-corrected chi connectivity index (χ4v) is 10.7. The molecule has 14 heteroatoms. The van der Waals surface area contributed by atoms with Crippen molar-refractivity contribution in [1.29, 1.82) is 0 Å². The predicted octanol–water partition coefficient (Wildman–Crippen LogP) is 6.63. The van der Waals surface area contributed by atoms with Crippen molar-refractivity contribution in [2.24, 2.45) is 13.0 Å². The van der Waals surface area contributed by atoms with E-state index in [0.29, 0.717) is 56.0 Å². The molecule has 4 fully saturated rings. The van der Waals surface area contributed by atoms with Gasteiger partial charge in [-0.2, -0.15) is 0 Å².